The number of carbonyl (C=O) groups is 2. The first-order valence-electron chi connectivity index (χ1n) is 7.32. The Bertz CT molecular complexity index is 443. The largest absolute Gasteiger partial charge is 0.497 e. The Morgan fingerprint density at radius 2 is 1.67 bits per heavy atom. The normalized spacial score (nSPS) is 10.0. The van der Waals surface area contributed by atoms with E-state index in [1.54, 1.807) is 7.11 Å². The summed E-state index contributed by atoms with van der Waals surface area (Å²) in [6.45, 7) is 3.21. The van der Waals surface area contributed by atoms with Crippen molar-refractivity contribution in [3.05, 3.63) is 29.8 Å². The lowest BCUT2D eigenvalue weighted by molar-refractivity contribution is -0.126. The highest BCUT2D eigenvalue weighted by atomic mass is 16.5. The summed E-state index contributed by atoms with van der Waals surface area (Å²) in [5.74, 6) is 0.605. The molecular formula is C16H24N2O3. The van der Waals surface area contributed by atoms with Gasteiger partial charge < -0.3 is 15.4 Å². The molecule has 0 unspecified atom stereocenters. The van der Waals surface area contributed by atoms with Crippen LogP contribution < -0.4 is 15.4 Å². The number of ether oxygens (including phenoxy) is 1. The van der Waals surface area contributed by atoms with Crippen LogP contribution in [0.5, 0.6) is 5.75 Å². The summed E-state index contributed by atoms with van der Waals surface area (Å²) in [6, 6.07) is 7.50. The lowest BCUT2D eigenvalue weighted by Crippen LogP contribution is -2.28. The molecule has 116 valence electrons. The lowest BCUT2D eigenvalue weighted by atomic mass is 10.2. The molecule has 0 aliphatic rings. The molecule has 2 amide bonds. The van der Waals surface area contributed by atoms with Crippen molar-refractivity contribution in [3.8, 4) is 5.75 Å². The topological polar surface area (TPSA) is 67.4 Å². The van der Waals surface area contributed by atoms with Gasteiger partial charge in [-0.1, -0.05) is 25.5 Å². The van der Waals surface area contributed by atoms with Crippen molar-refractivity contribution in [2.45, 2.75) is 39.2 Å². The number of methoxy groups -OCH3 is 1. The van der Waals surface area contributed by atoms with E-state index in [1.807, 2.05) is 24.3 Å². The highest BCUT2D eigenvalue weighted by Crippen LogP contribution is 2.10. The molecule has 0 atom stereocenters. The molecule has 5 nitrogen and oxygen atoms in total. The molecule has 0 bridgehead atoms. The van der Waals surface area contributed by atoms with Crippen molar-refractivity contribution in [1.82, 2.24) is 10.6 Å². The summed E-state index contributed by atoms with van der Waals surface area (Å²) in [4.78, 5) is 23.1. The van der Waals surface area contributed by atoms with E-state index in [0.29, 0.717) is 13.1 Å². The highest BCUT2D eigenvalue weighted by Gasteiger charge is 2.06. The molecular weight excluding hydrogens is 268 g/mol. The third kappa shape index (κ3) is 7.34. The van der Waals surface area contributed by atoms with Crippen LogP contribution >= 0.6 is 0 Å². The van der Waals surface area contributed by atoms with E-state index < -0.39 is 0 Å². The van der Waals surface area contributed by atoms with Crippen molar-refractivity contribution >= 4 is 11.8 Å². The SMILES string of the molecule is CCCCNC(=O)CCC(=O)NCc1ccc(OC)cc1. The van der Waals surface area contributed by atoms with E-state index in [1.165, 1.54) is 0 Å². The van der Waals surface area contributed by atoms with Crippen LogP contribution in [0.4, 0.5) is 0 Å². The van der Waals surface area contributed by atoms with Crippen molar-refractivity contribution < 1.29 is 14.3 Å². The van der Waals surface area contributed by atoms with Gasteiger partial charge in [-0.2, -0.15) is 0 Å². The third-order valence-electron chi connectivity index (χ3n) is 3.08. The van der Waals surface area contributed by atoms with Crippen LogP contribution in [0, 0.1) is 0 Å². The molecule has 0 radical (unpaired) electrons. The smallest absolute Gasteiger partial charge is 0.220 e. The fourth-order valence-electron chi connectivity index (χ4n) is 1.75. The summed E-state index contributed by atoms with van der Waals surface area (Å²) in [6.07, 6.45) is 2.46. The molecule has 2 N–H and O–H groups in total. The van der Waals surface area contributed by atoms with Crippen LogP contribution in [0.15, 0.2) is 24.3 Å². The summed E-state index contributed by atoms with van der Waals surface area (Å²) < 4.78 is 5.07. The molecule has 21 heavy (non-hydrogen) atoms. The fraction of sp³-hybridized carbons (Fsp3) is 0.500. The van der Waals surface area contributed by atoms with E-state index in [2.05, 4.69) is 17.6 Å². The van der Waals surface area contributed by atoms with Crippen LogP contribution in [-0.4, -0.2) is 25.5 Å². The fourth-order valence-corrected chi connectivity index (χ4v) is 1.75. The van der Waals surface area contributed by atoms with Gasteiger partial charge in [0.25, 0.3) is 0 Å². The zero-order valence-corrected chi connectivity index (χ0v) is 12.8. The number of amides is 2. The van der Waals surface area contributed by atoms with E-state index in [9.17, 15) is 9.59 Å². The van der Waals surface area contributed by atoms with Gasteiger partial charge >= 0.3 is 0 Å². The average molecular weight is 292 g/mol. The quantitative estimate of drug-likeness (QED) is 0.684. The summed E-state index contributed by atoms with van der Waals surface area (Å²) in [5.41, 5.74) is 0.997. The minimum absolute atomic E-state index is 0.0666. The van der Waals surface area contributed by atoms with Crippen molar-refractivity contribution in [3.63, 3.8) is 0 Å². The first-order valence-corrected chi connectivity index (χ1v) is 7.32. The Morgan fingerprint density at radius 1 is 1.05 bits per heavy atom. The number of carbonyl (C=O) groups excluding carboxylic acids is 2. The number of hydrogen-bond donors (Lipinski definition) is 2. The number of hydrogen-bond acceptors (Lipinski definition) is 3. The van der Waals surface area contributed by atoms with Gasteiger partial charge in [0.05, 0.1) is 7.11 Å². The molecule has 0 aliphatic carbocycles. The maximum absolute atomic E-state index is 11.7. The Hall–Kier alpha value is -2.04. The number of rotatable bonds is 9. The molecule has 1 rings (SSSR count). The van der Waals surface area contributed by atoms with E-state index in [0.717, 1.165) is 24.2 Å². The Balaban J connectivity index is 2.19. The van der Waals surface area contributed by atoms with Gasteiger partial charge in [-0.05, 0) is 24.1 Å². The zero-order chi connectivity index (χ0) is 15.5. The van der Waals surface area contributed by atoms with Gasteiger partial charge in [0.1, 0.15) is 5.75 Å². The number of unbranched alkanes of at least 4 members (excludes halogenated alkanes) is 1. The van der Waals surface area contributed by atoms with E-state index >= 15 is 0 Å². The van der Waals surface area contributed by atoms with Crippen LogP contribution in [-0.2, 0) is 16.1 Å². The lowest BCUT2D eigenvalue weighted by Gasteiger charge is -2.07. The standard InChI is InChI=1S/C16H24N2O3/c1-3-4-11-17-15(19)9-10-16(20)18-12-13-5-7-14(21-2)8-6-13/h5-8H,3-4,9-12H2,1-2H3,(H,17,19)(H,18,20). The van der Waals surface area contributed by atoms with E-state index in [-0.39, 0.29) is 24.7 Å². The van der Waals surface area contributed by atoms with Crippen LogP contribution in [0.3, 0.4) is 0 Å². The van der Waals surface area contributed by atoms with Gasteiger partial charge in [0, 0.05) is 25.9 Å². The van der Waals surface area contributed by atoms with Crippen LogP contribution in [0.2, 0.25) is 0 Å². The minimum atomic E-state index is -0.114. The van der Waals surface area contributed by atoms with Gasteiger partial charge in [-0.3, -0.25) is 9.59 Å². The molecule has 1 aromatic rings. The Kier molecular flexibility index (Phi) is 7.94. The third-order valence-corrected chi connectivity index (χ3v) is 3.08. The average Bonchev–Trinajstić information content (AvgIpc) is 2.51. The predicted octanol–water partition coefficient (Wildman–Crippen LogP) is 2.01. The van der Waals surface area contributed by atoms with Gasteiger partial charge in [0.15, 0.2) is 0 Å². The van der Waals surface area contributed by atoms with Gasteiger partial charge in [-0.15, -0.1) is 0 Å². The molecule has 0 spiro atoms. The molecule has 5 heteroatoms. The molecule has 0 fully saturated rings. The predicted molar refractivity (Wildman–Crippen MR) is 82.0 cm³/mol. The van der Waals surface area contributed by atoms with E-state index in [4.69, 9.17) is 4.74 Å². The van der Waals surface area contributed by atoms with Gasteiger partial charge in [0.2, 0.25) is 11.8 Å². The first kappa shape index (κ1) is 17.0. The summed E-state index contributed by atoms with van der Waals surface area (Å²) in [7, 11) is 1.61. The molecule has 0 heterocycles. The molecule has 0 aliphatic heterocycles. The Morgan fingerprint density at radius 3 is 2.24 bits per heavy atom. The molecule has 1 aromatic carbocycles. The van der Waals surface area contributed by atoms with Crippen LogP contribution in [0.25, 0.3) is 0 Å². The molecule has 0 saturated carbocycles. The van der Waals surface area contributed by atoms with Crippen molar-refractivity contribution in [1.29, 1.82) is 0 Å². The van der Waals surface area contributed by atoms with Crippen molar-refractivity contribution in [2.24, 2.45) is 0 Å². The maximum Gasteiger partial charge on any atom is 0.220 e. The van der Waals surface area contributed by atoms with Gasteiger partial charge in [-0.25, -0.2) is 0 Å². The second-order valence-electron chi connectivity index (χ2n) is 4.83. The maximum atomic E-state index is 11.7. The Labute approximate surface area is 126 Å². The first-order chi connectivity index (χ1) is 10.2. The van der Waals surface area contributed by atoms with Crippen molar-refractivity contribution in [2.75, 3.05) is 13.7 Å². The minimum Gasteiger partial charge on any atom is -0.497 e. The molecule has 0 saturated heterocycles. The summed E-state index contributed by atoms with van der Waals surface area (Å²) >= 11 is 0. The number of nitrogens with one attached hydrogen (secondary N) is 2. The zero-order valence-electron chi connectivity index (χ0n) is 12.8. The monoisotopic (exact) mass is 292 g/mol. The number of benzene rings is 1. The summed E-state index contributed by atoms with van der Waals surface area (Å²) in [5, 5.41) is 5.59. The molecule has 0 aromatic heterocycles. The second-order valence-corrected chi connectivity index (χ2v) is 4.83. The highest BCUT2D eigenvalue weighted by molar-refractivity contribution is 5.83. The second kappa shape index (κ2) is 9.80. The van der Waals surface area contributed by atoms with Crippen LogP contribution in [0.1, 0.15) is 38.2 Å².